The molecule has 1 heterocycles. The van der Waals surface area contributed by atoms with Crippen LogP contribution in [0.2, 0.25) is 5.02 Å². The summed E-state index contributed by atoms with van der Waals surface area (Å²) in [7, 11) is 0. The van der Waals surface area contributed by atoms with Gasteiger partial charge in [-0.1, -0.05) is 52.7 Å². The van der Waals surface area contributed by atoms with Crippen molar-refractivity contribution in [3.05, 3.63) is 68.5 Å². The summed E-state index contributed by atoms with van der Waals surface area (Å²) < 4.78 is 2.35. The second-order valence-corrected chi connectivity index (χ2v) is 7.08. The van der Waals surface area contributed by atoms with E-state index in [4.69, 9.17) is 11.6 Å². The van der Waals surface area contributed by atoms with Gasteiger partial charge in [0, 0.05) is 14.2 Å². The lowest BCUT2D eigenvalue weighted by Crippen LogP contribution is -2.22. The minimum Gasteiger partial charge on any atom is -0.306 e. The van der Waals surface area contributed by atoms with Crippen LogP contribution in [0.4, 0.5) is 0 Å². The number of hydrogen-bond donors (Lipinski definition) is 1. The predicted octanol–water partition coefficient (Wildman–Crippen LogP) is 6.02. The van der Waals surface area contributed by atoms with Crippen LogP contribution in [0.1, 0.15) is 24.1 Å². The molecule has 1 aromatic heterocycles. The maximum Gasteiger partial charge on any atom is 0.0606 e. The monoisotopic (exact) mass is 379 g/mol. The van der Waals surface area contributed by atoms with E-state index in [2.05, 4.69) is 63.9 Å². The van der Waals surface area contributed by atoms with E-state index >= 15 is 0 Å². The maximum absolute atomic E-state index is 6.44. The largest absolute Gasteiger partial charge is 0.306 e. The predicted molar refractivity (Wildman–Crippen MR) is 96.5 cm³/mol. The molecular formula is C17H15BrClNS. The molecule has 0 aliphatic rings. The lowest BCUT2D eigenvalue weighted by Gasteiger charge is -2.20. The highest BCUT2D eigenvalue weighted by molar-refractivity contribution is 9.10. The van der Waals surface area contributed by atoms with Crippen LogP contribution in [0.25, 0.3) is 10.1 Å². The highest BCUT2D eigenvalue weighted by Crippen LogP contribution is 2.36. The summed E-state index contributed by atoms with van der Waals surface area (Å²) in [5.41, 5.74) is 2.40. The zero-order valence-corrected chi connectivity index (χ0v) is 14.7. The smallest absolute Gasteiger partial charge is 0.0606 e. The summed E-state index contributed by atoms with van der Waals surface area (Å²) in [6, 6.07) is 14.6. The third kappa shape index (κ3) is 3.02. The summed E-state index contributed by atoms with van der Waals surface area (Å²) in [5, 5.41) is 7.88. The van der Waals surface area contributed by atoms with Gasteiger partial charge >= 0.3 is 0 Å². The number of benzene rings is 2. The molecule has 0 fully saturated rings. The average Bonchev–Trinajstić information content (AvgIpc) is 2.91. The normalized spacial score (nSPS) is 12.7. The molecule has 1 nitrogen and oxygen atoms in total. The lowest BCUT2D eigenvalue weighted by atomic mass is 9.98. The average molecular weight is 381 g/mol. The van der Waals surface area contributed by atoms with Crippen molar-refractivity contribution in [2.45, 2.75) is 13.0 Å². The van der Waals surface area contributed by atoms with E-state index in [9.17, 15) is 0 Å². The number of nitrogens with one attached hydrogen (secondary N) is 1. The molecule has 108 valence electrons. The Morgan fingerprint density at radius 2 is 2.00 bits per heavy atom. The van der Waals surface area contributed by atoms with E-state index in [0.717, 1.165) is 21.6 Å². The third-order valence-electron chi connectivity index (χ3n) is 3.50. The summed E-state index contributed by atoms with van der Waals surface area (Å²) in [6.07, 6.45) is 0. The second-order valence-electron chi connectivity index (χ2n) is 4.84. The number of fused-ring (bicyclic) bond motifs is 1. The standard InChI is InChI=1S/C17H15BrClNS/c1-2-20-17(13-9-11(18)7-8-15(13)19)14-10-21-16-6-4-3-5-12(14)16/h3-10,17,20H,2H2,1H3. The minimum absolute atomic E-state index is 0.108. The topological polar surface area (TPSA) is 12.0 Å². The Bertz CT molecular complexity index is 768. The fraction of sp³-hybridized carbons (Fsp3) is 0.176. The van der Waals surface area contributed by atoms with Gasteiger partial charge in [-0.05, 0) is 52.7 Å². The van der Waals surface area contributed by atoms with Crippen molar-refractivity contribution in [2.75, 3.05) is 6.54 Å². The van der Waals surface area contributed by atoms with Crippen LogP contribution in [0.15, 0.2) is 52.3 Å². The zero-order valence-electron chi connectivity index (χ0n) is 11.6. The van der Waals surface area contributed by atoms with E-state index < -0.39 is 0 Å². The fourth-order valence-electron chi connectivity index (χ4n) is 2.55. The van der Waals surface area contributed by atoms with Crippen molar-refractivity contribution in [1.29, 1.82) is 0 Å². The van der Waals surface area contributed by atoms with Gasteiger partial charge in [-0.2, -0.15) is 0 Å². The van der Waals surface area contributed by atoms with E-state index in [1.54, 1.807) is 11.3 Å². The van der Waals surface area contributed by atoms with Gasteiger partial charge in [0.05, 0.1) is 6.04 Å². The van der Waals surface area contributed by atoms with Gasteiger partial charge in [-0.25, -0.2) is 0 Å². The first kappa shape index (κ1) is 15.0. The quantitative estimate of drug-likeness (QED) is 0.584. The van der Waals surface area contributed by atoms with Crippen molar-refractivity contribution in [3.63, 3.8) is 0 Å². The number of rotatable bonds is 4. The van der Waals surface area contributed by atoms with Gasteiger partial charge < -0.3 is 5.32 Å². The van der Waals surface area contributed by atoms with Gasteiger partial charge in [-0.3, -0.25) is 0 Å². The molecule has 1 atom stereocenters. The molecule has 2 aromatic carbocycles. The molecule has 0 aliphatic heterocycles. The van der Waals surface area contributed by atoms with Crippen LogP contribution in [0, 0.1) is 0 Å². The molecule has 21 heavy (non-hydrogen) atoms. The molecule has 1 N–H and O–H groups in total. The van der Waals surface area contributed by atoms with E-state index in [0.29, 0.717) is 0 Å². The van der Waals surface area contributed by atoms with Crippen LogP contribution in [0.3, 0.4) is 0 Å². The fourth-order valence-corrected chi connectivity index (χ4v) is 4.14. The van der Waals surface area contributed by atoms with Gasteiger partial charge in [0.25, 0.3) is 0 Å². The Morgan fingerprint density at radius 3 is 2.81 bits per heavy atom. The molecule has 4 heteroatoms. The number of hydrogen-bond acceptors (Lipinski definition) is 2. The minimum atomic E-state index is 0.108. The van der Waals surface area contributed by atoms with E-state index in [1.807, 2.05) is 12.1 Å². The van der Waals surface area contributed by atoms with Crippen molar-refractivity contribution < 1.29 is 0 Å². The van der Waals surface area contributed by atoms with Gasteiger partial charge in [0.2, 0.25) is 0 Å². The van der Waals surface area contributed by atoms with Crippen LogP contribution in [-0.2, 0) is 0 Å². The van der Waals surface area contributed by atoms with Crippen molar-refractivity contribution in [3.8, 4) is 0 Å². The van der Waals surface area contributed by atoms with Crippen molar-refractivity contribution >= 4 is 49.0 Å². The first-order valence-electron chi connectivity index (χ1n) is 6.85. The lowest BCUT2D eigenvalue weighted by molar-refractivity contribution is 0.635. The Morgan fingerprint density at radius 1 is 1.19 bits per heavy atom. The molecule has 0 radical (unpaired) electrons. The highest BCUT2D eigenvalue weighted by atomic mass is 79.9. The Kier molecular flexibility index (Phi) is 4.65. The molecule has 0 bridgehead atoms. The van der Waals surface area contributed by atoms with E-state index in [-0.39, 0.29) is 6.04 Å². The summed E-state index contributed by atoms with van der Waals surface area (Å²) in [5.74, 6) is 0. The number of halogens is 2. The second kappa shape index (κ2) is 6.49. The first-order valence-corrected chi connectivity index (χ1v) is 8.90. The molecular weight excluding hydrogens is 366 g/mol. The molecule has 3 aromatic rings. The first-order chi connectivity index (χ1) is 10.2. The highest BCUT2D eigenvalue weighted by Gasteiger charge is 2.19. The SMILES string of the molecule is CCNC(c1cc(Br)ccc1Cl)c1csc2ccccc12. The van der Waals surface area contributed by atoms with Crippen LogP contribution in [-0.4, -0.2) is 6.54 Å². The van der Waals surface area contributed by atoms with Gasteiger partial charge in [0.1, 0.15) is 0 Å². The molecule has 0 spiro atoms. The molecule has 0 amide bonds. The Balaban J connectivity index is 2.15. The Hall–Kier alpha value is -0.870. The van der Waals surface area contributed by atoms with Gasteiger partial charge in [0.15, 0.2) is 0 Å². The van der Waals surface area contributed by atoms with Crippen LogP contribution < -0.4 is 5.32 Å². The summed E-state index contributed by atoms with van der Waals surface area (Å²) in [6.45, 7) is 3.01. The maximum atomic E-state index is 6.44. The molecule has 1 unspecified atom stereocenters. The van der Waals surface area contributed by atoms with Gasteiger partial charge in [-0.15, -0.1) is 11.3 Å². The zero-order chi connectivity index (χ0) is 14.8. The van der Waals surface area contributed by atoms with Crippen LogP contribution >= 0.6 is 38.9 Å². The third-order valence-corrected chi connectivity index (χ3v) is 5.32. The molecule has 3 rings (SSSR count). The molecule has 0 aliphatic carbocycles. The summed E-state index contributed by atoms with van der Waals surface area (Å²) in [4.78, 5) is 0. The summed E-state index contributed by atoms with van der Waals surface area (Å²) >= 11 is 11.8. The molecule has 0 saturated carbocycles. The number of thiophene rings is 1. The van der Waals surface area contributed by atoms with Crippen molar-refractivity contribution in [2.24, 2.45) is 0 Å². The van der Waals surface area contributed by atoms with E-state index in [1.165, 1.54) is 15.6 Å². The molecule has 0 saturated heterocycles. The van der Waals surface area contributed by atoms with Crippen molar-refractivity contribution in [1.82, 2.24) is 5.32 Å². The van der Waals surface area contributed by atoms with Crippen LogP contribution in [0.5, 0.6) is 0 Å². The Labute approximate surface area is 142 Å².